The smallest absolute Gasteiger partial charge is 0.0705 e. The molecule has 10 heavy (non-hydrogen) atoms. The number of nitrogens with two attached hydrogens (primary N) is 1. The molecule has 0 aromatic rings. The summed E-state index contributed by atoms with van der Waals surface area (Å²) >= 11 is 0. The van der Waals surface area contributed by atoms with Gasteiger partial charge in [-0.15, -0.1) is 0 Å². The minimum Gasteiger partial charge on any atom is -0.315 e. The number of hydrazine groups is 1. The summed E-state index contributed by atoms with van der Waals surface area (Å²) in [4.78, 5) is 0. The van der Waals surface area contributed by atoms with E-state index in [2.05, 4.69) is 31.2 Å². The van der Waals surface area contributed by atoms with Gasteiger partial charge in [-0.3, -0.25) is 5.43 Å². The molecule has 62 valence electrons. The standard InChI is InChI=1S/C7H19N3/c1-4-7(8)10(6-3)9-5-2/h7,9H,4-6,8H2,1-3H3. The third-order valence-corrected chi connectivity index (χ3v) is 1.52. The van der Waals surface area contributed by atoms with Crippen LogP contribution in [-0.2, 0) is 0 Å². The first-order chi connectivity index (χ1) is 4.76. The summed E-state index contributed by atoms with van der Waals surface area (Å²) in [5.41, 5.74) is 8.97. The fraction of sp³-hybridized carbons (Fsp3) is 1.00. The van der Waals surface area contributed by atoms with Crippen LogP contribution in [-0.4, -0.2) is 24.3 Å². The Morgan fingerprint density at radius 1 is 1.40 bits per heavy atom. The first-order valence-electron chi connectivity index (χ1n) is 4.01. The second-order valence-corrected chi connectivity index (χ2v) is 2.27. The van der Waals surface area contributed by atoms with E-state index in [0.29, 0.717) is 0 Å². The highest BCUT2D eigenvalue weighted by Crippen LogP contribution is 1.91. The maximum absolute atomic E-state index is 5.78. The molecule has 0 aromatic heterocycles. The van der Waals surface area contributed by atoms with E-state index < -0.39 is 0 Å². The summed E-state index contributed by atoms with van der Waals surface area (Å²) in [5, 5.41) is 2.06. The van der Waals surface area contributed by atoms with Gasteiger partial charge in [-0.2, -0.15) is 0 Å². The van der Waals surface area contributed by atoms with Crippen molar-refractivity contribution in [2.45, 2.75) is 33.4 Å². The quantitative estimate of drug-likeness (QED) is 0.438. The summed E-state index contributed by atoms with van der Waals surface area (Å²) < 4.78 is 0. The summed E-state index contributed by atoms with van der Waals surface area (Å²) in [7, 11) is 0. The number of hydrogen-bond donors (Lipinski definition) is 2. The van der Waals surface area contributed by atoms with Gasteiger partial charge in [0, 0.05) is 13.1 Å². The normalized spacial score (nSPS) is 14.1. The largest absolute Gasteiger partial charge is 0.315 e. The molecule has 1 unspecified atom stereocenters. The first kappa shape index (κ1) is 9.88. The van der Waals surface area contributed by atoms with Crippen LogP contribution in [0.3, 0.4) is 0 Å². The lowest BCUT2D eigenvalue weighted by molar-refractivity contribution is 0.135. The lowest BCUT2D eigenvalue weighted by Gasteiger charge is -2.26. The number of rotatable bonds is 5. The Morgan fingerprint density at radius 2 is 2.00 bits per heavy atom. The van der Waals surface area contributed by atoms with Crippen molar-refractivity contribution in [1.82, 2.24) is 10.4 Å². The molecule has 0 saturated heterocycles. The van der Waals surface area contributed by atoms with Crippen molar-refractivity contribution in [2.75, 3.05) is 13.1 Å². The zero-order valence-electron chi connectivity index (χ0n) is 7.22. The van der Waals surface area contributed by atoms with Crippen molar-refractivity contribution in [3.8, 4) is 0 Å². The Hall–Kier alpha value is -0.120. The van der Waals surface area contributed by atoms with Crippen LogP contribution < -0.4 is 11.2 Å². The highest BCUT2D eigenvalue weighted by molar-refractivity contribution is 4.56. The highest BCUT2D eigenvalue weighted by atomic mass is 15.5. The van der Waals surface area contributed by atoms with Crippen LogP contribution in [0.1, 0.15) is 27.2 Å². The summed E-state index contributed by atoms with van der Waals surface area (Å²) in [6.07, 6.45) is 1.14. The number of nitrogens with one attached hydrogen (secondary N) is 1. The van der Waals surface area contributed by atoms with E-state index >= 15 is 0 Å². The van der Waals surface area contributed by atoms with Crippen molar-refractivity contribution in [3.05, 3.63) is 0 Å². The summed E-state index contributed by atoms with van der Waals surface area (Å²) in [6, 6.07) is 0. The van der Waals surface area contributed by atoms with Gasteiger partial charge in [0.2, 0.25) is 0 Å². The third kappa shape index (κ3) is 3.15. The fourth-order valence-electron chi connectivity index (χ4n) is 0.887. The third-order valence-electron chi connectivity index (χ3n) is 1.52. The van der Waals surface area contributed by atoms with E-state index in [1.807, 2.05) is 0 Å². The molecule has 0 heterocycles. The molecule has 0 fully saturated rings. The molecule has 0 aliphatic rings. The molecular weight excluding hydrogens is 126 g/mol. The molecule has 3 N–H and O–H groups in total. The Morgan fingerprint density at radius 3 is 2.30 bits per heavy atom. The predicted octanol–water partition coefficient (Wildman–Crippen LogP) is 0.528. The minimum absolute atomic E-state index is 0.157. The van der Waals surface area contributed by atoms with E-state index in [1.165, 1.54) is 0 Å². The van der Waals surface area contributed by atoms with Gasteiger partial charge < -0.3 is 5.73 Å². The molecule has 1 atom stereocenters. The van der Waals surface area contributed by atoms with Gasteiger partial charge in [-0.25, -0.2) is 5.01 Å². The van der Waals surface area contributed by atoms with Crippen LogP contribution in [0.2, 0.25) is 0 Å². The molecule has 0 aliphatic heterocycles. The maximum atomic E-state index is 5.78. The molecule has 0 spiro atoms. The van der Waals surface area contributed by atoms with Crippen LogP contribution in [0.15, 0.2) is 0 Å². The van der Waals surface area contributed by atoms with Crippen molar-refractivity contribution in [3.63, 3.8) is 0 Å². The zero-order valence-corrected chi connectivity index (χ0v) is 7.22. The Labute approximate surface area is 63.5 Å². The average Bonchev–Trinajstić information content (AvgIpc) is 1.99. The van der Waals surface area contributed by atoms with E-state index in [9.17, 15) is 0 Å². The molecule has 0 radical (unpaired) electrons. The molecule has 3 nitrogen and oxygen atoms in total. The molecule has 0 aliphatic carbocycles. The van der Waals surface area contributed by atoms with Gasteiger partial charge in [0.25, 0.3) is 0 Å². The monoisotopic (exact) mass is 145 g/mol. The van der Waals surface area contributed by atoms with Gasteiger partial charge in [-0.1, -0.05) is 20.8 Å². The van der Waals surface area contributed by atoms with Crippen molar-refractivity contribution < 1.29 is 0 Å². The first-order valence-corrected chi connectivity index (χ1v) is 4.01. The molecule has 3 heteroatoms. The highest BCUT2D eigenvalue weighted by Gasteiger charge is 2.06. The van der Waals surface area contributed by atoms with E-state index in [4.69, 9.17) is 5.73 Å². The van der Waals surface area contributed by atoms with Crippen LogP contribution in [0, 0.1) is 0 Å². The topological polar surface area (TPSA) is 41.3 Å². The fourth-order valence-corrected chi connectivity index (χ4v) is 0.887. The summed E-state index contributed by atoms with van der Waals surface area (Å²) in [6.45, 7) is 8.16. The van der Waals surface area contributed by atoms with E-state index in [1.54, 1.807) is 0 Å². The van der Waals surface area contributed by atoms with Crippen LogP contribution in [0.4, 0.5) is 0 Å². The number of hydrogen-bond acceptors (Lipinski definition) is 3. The van der Waals surface area contributed by atoms with Gasteiger partial charge in [0.05, 0.1) is 6.17 Å². The lowest BCUT2D eigenvalue weighted by Crippen LogP contribution is -2.49. The Bertz CT molecular complexity index is 75.3. The van der Waals surface area contributed by atoms with Crippen LogP contribution in [0.25, 0.3) is 0 Å². The number of nitrogens with zero attached hydrogens (tertiary/aromatic N) is 1. The van der Waals surface area contributed by atoms with Crippen molar-refractivity contribution >= 4 is 0 Å². The summed E-state index contributed by atoms with van der Waals surface area (Å²) in [5.74, 6) is 0. The molecule has 0 rings (SSSR count). The van der Waals surface area contributed by atoms with E-state index in [0.717, 1.165) is 19.5 Å². The minimum atomic E-state index is 0.157. The SMILES string of the molecule is CCNN(CC)C(N)CC. The van der Waals surface area contributed by atoms with Crippen molar-refractivity contribution in [2.24, 2.45) is 5.73 Å². The van der Waals surface area contributed by atoms with E-state index in [-0.39, 0.29) is 6.17 Å². The molecule has 0 saturated carbocycles. The molecule has 0 bridgehead atoms. The Kier molecular flexibility index (Phi) is 5.58. The van der Waals surface area contributed by atoms with Gasteiger partial charge in [0.1, 0.15) is 0 Å². The molecule has 0 amide bonds. The predicted molar refractivity (Wildman–Crippen MR) is 44.3 cm³/mol. The van der Waals surface area contributed by atoms with Crippen LogP contribution >= 0.6 is 0 Å². The van der Waals surface area contributed by atoms with Gasteiger partial charge >= 0.3 is 0 Å². The Balaban J connectivity index is 3.56. The average molecular weight is 145 g/mol. The maximum Gasteiger partial charge on any atom is 0.0705 e. The van der Waals surface area contributed by atoms with Gasteiger partial charge in [0.15, 0.2) is 0 Å². The zero-order chi connectivity index (χ0) is 7.98. The van der Waals surface area contributed by atoms with Gasteiger partial charge in [-0.05, 0) is 6.42 Å². The lowest BCUT2D eigenvalue weighted by atomic mass is 10.4. The van der Waals surface area contributed by atoms with Crippen molar-refractivity contribution in [1.29, 1.82) is 0 Å². The second-order valence-electron chi connectivity index (χ2n) is 2.27. The van der Waals surface area contributed by atoms with Crippen LogP contribution in [0.5, 0.6) is 0 Å². The molecular formula is C7H19N3. The molecule has 0 aromatic carbocycles. The second kappa shape index (κ2) is 5.65.